The molecule has 0 aliphatic rings. The molecule has 0 fully saturated rings. The summed E-state index contributed by atoms with van der Waals surface area (Å²) in [7, 11) is 1.58. The molecule has 28 heavy (non-hydrogen) atoms. The molecule has 1 N–H and O–H groups in total. The standard InChI is InChI=1S/C20H16FN3O3S/c1-26-14-7-4-8-16-19(14)24-20(28-16)23-17(25)9-10-18-22-11-15(27-18)12-5-2-3-6-13(12)21/h2-8,11H,9-10H2,1H3,(H,23,24,25). The van der Waals surface area contributed by atoms with Crippen molar-refractivity contribution in [2.75, 3.05) is 12.4 Å². The maximum atomic E-state index is 13.8. The third kappa shape index (κ3) is 3.72. The number of carbonyl (C=O) groups is 1. The highest BCUT2D eigenvalue weighted by Gasteiger charge is 2.14. The summed E-state index contributed by atoms with van der Waals surface area (Å²) >= 11 is 1.38. The SMILES string of the molecule is COc1cccc2sc(NC(=O)CCc3ncc(-c4ccccc4F)o3)nc12. The Kier molecular flexibility index (Phi) is 5.03. The van der Waals surface area contributed by atoms with Gasteiger partial charge in [0.25, 0.3) is 0 Å². The number of hydrogen-bond donors (Lipinski definition) is 1. The average molecular weight is 397 g/mol. The molecule has 0 spiro atoms. The summed E-state index contributed by atoms with van der Waals surface area (Å²) in [5.41, 5.74) is 1.06. The van der Waals surface area contributed by atoms with Gasteiger partial charge in [-0.3, -0.25) is 4.79 Å². The number of para-hydroxylation sites is 1. The Morgan fingerprint density at radius 2 is 2.11 bits per heavy atom. The first-order valence-electron chi connectivity index (χ1n) is 8.57. The van der Waals surface area contributed by atoms with E-state index in [1.807, 2.05) is 18.2 Å². The van der Waals surface area contributed by atoms with Crippen LogP contribution in [0.4, 0.5) is 9.52 Å². The van der Waals surface area contributed by atoms with Crippen molar-refractivity contribution in [3.05, 3.63) is 60.4 Å². The largest absolute Gasteiger partial charge is 0.494 e. The zero-order valence-corrected chi connectivity index (χ0v) is 15.8. The van der Waals surface area contributed by atoms with Crippen LogP contribution in [0, 0.1) is 5.82 Å². The number of halogens is 1. The van der Waals surface area contributed by atoms with Crippen LogP contribution in [0.5, 0.6) is 5.75 Å². The molecule has 0 radical (unpaired) electrons. The molecule has 0 saturated carbocycles. The van der Waals surface area contributed by atoms with Crippen LogP contribution in [0.25, 0.3) is 21.5 Å². The van der Waals surface area contributed by atoms with E-state index in [0.717, 1.165) is 4.70 Å². The lowest BCUT2D eigenvalue weighted by atomic mass is 10.2. The number of thiazole rings is 1. The minimum Gasteiger partial charge on any atom is -0.494 e. The van der Waals surface area contributed by atoms with Crippen LogP contribution in [0.1, 0.15) is 12.3 Å². The van der Waals surface area contributed by atoms with E-state index in [1.54, 1.807) is 25.3 Å². The van der Waals surface area contributed by atoms with Crippen LogP contribution < -0.4 is 10.1 Å². The number of aryl methyl sites for hydroxylation is 1. The number of methoxy groups -OCH3 is 1. The smallest absolute Gasteiger partial charge is 0.226 e. The summed E-state index contributed by atoms with van der Waals surface area (Å²) in [6.07, 6.45) is 1.93. The quantitative estimate of drug-likeness (QED) is 0.512. The van der Waals surface area contributed by atoms with Crippen LogP contribution in [-0.4, -0.2) is 23.0 Å². The Labute approximate surface area is 164 Å². The lowest BCUT2D eigenvalue weighted by molar-refractivity contribution is -0.116. The maximum absolute atomic E-state index is 13.8. The molecule has 4 aromatic rings. The first-order chi connectivity index (χ1) is 13.6. The van der Waals surface area contributed by atoms with Gasteiger partial charge in [-0.1, -0.05) is 29.5 Å². The molecule has 2 aromatic heterocycles. The summed E-state index contributed by atoms with van der Waals surface area (Å²) in [6, 6.07) is 11.9. The maximum Gasteiger partial charge on any atom is 0.226 e. The Bertz CT molecular complexity index is 1140. The minimum absolute atomic E-state index is 0.171. The Morgan fingerprint density at radius 3 is 2.93 bits per heavy atom. The lowest BCUT2D eigenvalue weighted by Gasteiger charge is -2.00. The summed E-state index contributed by atoms with van der Waals surface area (Å²) < 4.78 is 25.6. The van der Waals surface area contributed by atoms with Crippen molar-refractivity contribution >= 4 is 32.6 Å². The van der Waals surface area contributed by atoms with E-state index in [-0.39, 0.29) is 18.1 Å². The molecule has 4 rings (SSSR count). The van der Waals surface area contributed by atoms with Gasteiger partial charge in [0, 0.05) is 12.8 Å². The highest BCUT2D eigenvalue weighted by Crippen LogP contribution is 2.32. The molecule has 0 bridgehead atoms. The molecule has 0 atom stereocenters. The fourth-order valence-electron chi connectivity index (χ4n) is 2.76. The molecule has 6 nitrogen and oxygen atoms in total. The molecule has 142 valence electrons. The summed E-state index contributed by atoms with van der Waals surface area (Å²) in [5, 5.41) is 3.29. The van der Waals surface area contributed by atoms with Gasteiger partial charge >= 0.3 is 0 Å². The number of carbonyl (C=O) groups excluding carboxylic acids is 1. The molecule has 0 saturated heterocycles. The van der Waals surface area contributed by atoms with Gasteiger partial charge in [0.15, 0.2) is 16.8 Å². The van der Waals surface area contributed by atoms with Crippen LogP contribution in [0.15, 0.2) is 53.1 Å². The van der Waals surface area contributed by atoms with Crippen molar-refractivity contribution < 1.29 is 18.3 Å². The average Bonchev–Trinajstić information content (AvgIpc) is 3.33. The van der Waals surface area contributed by atoms with Gasteiger partial charge in [-0.05, 0) is 24.3 Å². The number of hydrogen-bond acceptors (Lipinski definition) is 6. The van der Waals surface area contributed by atoms with E-state index in [0.29, 0.717) is 40.0 Å². The van der Waals surface area contributed by atoms with Crippen LogP contribution in [0.2, 0.25) is 0 Å². The number of aromatic nitrogens is 2. The molecule has 0 aliphatic carbocycles. The third-order valence-corrected chi connectivity index (χ3v) is 5.04. The van der Waals surface area contributed by atoms with Crippen LogP contribution >= 0.6 is 11.3 Å². The number of oxazole rings is 1. The molecule has 2 heterocycles. The molecule has 2 aromatic carbocycles. The first kappa shape index (κ1) is 18.1. The van der Waals surface area contributed by atoms with E-state index < -0.39 is 0 Å². The number of nitrogens with one attached hydrogen (secondary N) is 1. The Hall–Kier alpha value is -3.26. The fraction of sp³-hybridized carbons (Fsp3) is 0.150. The first-order valence-corrected chi connectivity index (χ1v) is 9.38. The van der Waals surface area contributed by atoms with E-state index in [4.69, 9.17) is 9.15 Å². The highest BCUT2D eigenvalue weighted by atomic mass is 32.1. The van der Waals surface area contributed by atoms with Crippen LogP contribution in [-0.2, 0) is 11.2 Å². The summed E-state index contributed by atoms with van der Waals surface area (Å²) in [5.74, 6) is 0.790. The zero-order valence-electron chi connectivity index (χ0n) is 14.9. The van der Waals surface area contributed by atoms with Gasteiger partial charge in [0.2, 0.25) is 5.91 Å². The third-order valence-electron chi connectivity index (χ3n) is 4.11. The molecule has 8 heteroatoms. The second kappa shape index (κ2) is 7.77. The topological polar surface area (TPSA) is 77.2 Å². The van der Waals surface area contributed by atoms with Crippen molar-refractivity contribution in [2.45, 2.75) is 12.8 Å². The van der Waals surface area contributed by atoms with Crippen molar-refractivity contribution in [2.24, 2.45) is 0 Å². The molecule has 1 amide bonds. The molecule has 0 unspecified atom stereocenters. The monoisotopic (exact) mass is 397 g/mol. The van der Waals surface area contributed by atoms with Crippen molar-refractivity contribution in [3.63, 3.8) is 0 Å². The van der Waals surface area contributed by atoms with Gasteiger partial charge in [0.05, 0.1) is 23.6 Å². The van der Waals surface area contributed by atoms with Crippen molar-refractivity contribution in [3.8, 4) is 17.1 Å². The summed E-state index contributed by atoms with van der Waals surface area (Å²) in [6.45, 7) is 0. The second-order valence-electron chi connectivity index (χ2n) is 5.97. The van der Waals surface area contributed by atoms with E-state index in [2.05, 4.69) is 15.3 Å². The van der Waals surface area contributed by atoms with Crippen molar-refractivity contribution in [1.29, 1.82) is 0 Å². The number of nitrogens with zero attached hydrogens (tertiary/aromatic N) is 2. The van der Waals surface area contributed by atoms with Gasteiger partial charge in [-0.2, -0.15) is 0 Å². The lowest BCUT2D eigenvalue weighted by Crippen LogP contribution is -2.12. The number of ether oxygens (including phenoxy) is 1. The molecule has 0 aliphatic heterocycles. The Balaban J connectivity index is 1.39. The van der Waals surface area contributed by atoms with E-state index in [1.165, 1.54) is 23.6 Å². The molecular formula is C20H16FN3O3S. The van der Waals surface area contributed by atoms with Crippen molar-refractivity contribution in [1.82, 2.24) is 9.97 Å². The predicted octanol–water partition coefficient (Wildman–Crippen LogP) is 4.67. The number of amides is 1. The minimum atomic E-state index is -0.380. The van der Waals surface area contributed by atoms with Gasteiger partial charge in [-0.15, -0.1) is 0 Å². The number of rotatable bonds is 6. The number of benzene rings is 2. The van der Waals surface area contributed by atoms with Gasteiger partial charge in [-0.25, -0.2) is 14.4 Å². The number of anilines is 1. The highest BCUT2D eigenvalue weighted by molar-refractivity contribution is 7.22. The van der Waals surface area contributed by atoms with Crippen LogP contribution in [0.3, 0.4) is 0 Å². The predicted molar refractivity (Wildman–Crippen MR) is 105 cm³/mol. The second-order valence-corrected chi connectivity index (χ2v) is 7.00. The van der Waals surface area contributed by atoms with Gasteiger partial charge in [0.1, 0.15) is 17.1 Å². The fourth-order valence-corrected chi connectivity index (χ4v) is 3.65. The number of fused-ring (bicyclic) bond motifs is 1. The normalized spacial score (nSPS) is 10.9. The van der Waals surface area contributed by atoms with Gasteiger partial charge < -0.3 is 14.5 Å². The Morgan fingerprint density at radius 1 is 1.25 bits per heavy atom. The zero-order chi connectivity index (χ0) is 19.5. The van der Waals surface area contributed by atoms with E-state index in [9.17, 15) is 9.18 Å². The summed E-state index contributed by atoms with van der Waals surface area (Å²) in [4.78, 5) is 20.8. The van der Waals surface area contributed by atoms with E-state index >= 15 is 0 Å². The molecular weight excluding hydrogens is 381 g/mol.